The fourth-order valence-corrected chi connectivity index (χ4v) is 4.06. The predicted molar refractivity (Wildman–Crippen MR) is 124 cm³/mol. The molecule has 1 N–H and O–H groups in total. The molecule has 4 nitrogen and oxygen atoms in total. The van der Waals surface area contributed by atoms with E-state index in [1.165, 1.54) is 10.9 Å². The van der Waals surface area contributed by atoms with Gasteiger partial charge in [0, 0.05) is 28.9 Å². The molecule has 152 valence electrons. The van der Waals surface area contributed by atoms with Crippen LogP contribution >= 0.6 is 0 Å². The number of fused-ring (bicyclic) bond motifs is 2. The minimum absolute atomic E-state index is 0.212. The minimum Gasteiger partial charge on any atom is -0.426 e. The molecule has 0 unspecified atom stereocenters. The highest BCUT2D eigenvalue weighted by molar-refractivity contribution is 5.91. The average Bonchev–Trinajstić information content (AvgIpc) is 3.19. The van der Waals surface area contributed by atoms with E-state index < -0.39 is 0 Å². The highest BCUT2D eigenvalue weighted by Crippen LogP contribution is 2.31. The number of carbonyl (C=O) groups is 1. The second-order valence-electron chi connectivity index (χ2n) is 7.54. The van der Waals surface area contributed by atoms with E-state index in [1.807, 2.05) is 72.8 Å². The molecule has 4 heteroatoms. The van der Waals surface area contributed by atoms with Gasteiger partial charge in [0.05, 0.1) is 11.4 Å². The van der Waals surface area contributed by atoms with Crippen LogP contribution in [0.15, 0.2) is 91.1 Å². The van der Waals surface area contributed by atoms with Crippen molar-refractivity contribution < 1.29 is 9.53 Å². The van der Waals surface area contributed by atoms with Crippen LogP contribution in [0.5, 0.6) is 5.75 Å². The minimum atomic E-state index is -0.212. The summed E-state index contributed by atoms with van der Waals surface area (Å²) in [4.78, 5) is 20.6. The molecule has 0 aliphatic rings. The van der Waals surface area contributed by atoms with Crippen molar-refractivity contribution in [2.45, 2.75) is 19.3 Å². The Labute approximate surface area is 180 Å². The Morgan fingerprint density at radius 3 is 2.48 bits per heavy atom. The smallest absolute Gasteiger partial charge is 0.311 e. The van der Waals surface area contributed by atoms with Crippen LogP contribution in [-0.4, -0.2) is 15.9 Å². The number of hydrogen-bond acceptors (Lipinski definition) is 3. The van der Waals surface area contributed by atoms with E-state index in [9.17, 15) is 4.79 Å². The van der Waals surface area contributed by atoms with Gasteiger partial charge in [0.2, 0.25) is 0 Å². The number of nitrogens with zero attached hydrogens (tertiary/aromatic N) is 1. The largest absolute Gasteiger partial charge is 0.426 e. The van der Waals surface area contributed by atoms with Gasteiger partial charge in [-0.1, -0.05) is 60.7 Å². The lowest BCUT2D eigenvalue weighted by Gasteiger charge is -2.08. The molecule has 5 rings (SSSR count). The SMILES string of the molecule is O=C(CCCc1c(-c2ccccn2)[nH]c2ccccc12)Oc1cccc2ccccc12. The maximum Gasteiger partial charge on any atom is 0.311 e. The monoisotopic (exact) mass is 406 g/mol. The molecule has 0 spiro atoms. The second kappa shape index (κ2) is 8.44. The number of aryl methyl sites for hydroxylation is 1. The number of esters is 1. The summed E-state index contributed by atoms with van der Waals surface area (Å²) in [6.45, 7) is 0. The van der Waals surface area contributed by atoms with Crippen LogP contribution in [0.1, 0.15) is 18.4 Å². The molecular formula is C27H22N2O2. The van der Waals surface area contributed by atoms with Gasteiger partial charge in [-0.25, -0.2) is 0 Å². The number of H-pyrrole nitrogens is 1. The number of nitrogens with one attached hydrogen (secondary N) is 1. The topological polar surface area (TPSA) is 55.0 Å². The summed E-state index contributed by atoms with van der Waals surface area (Å²) in [7, 11) is 0. The van der Waals surface area contributed by atoms with Crippen LogP contribution in [0, 0.1) is 0 Å². The first-order chi connectivity index (χ1) is 15.3. The molecule has 0 aliphatic heterocycles. The summed E-state index contributed by atoms with van der Waals surface area (Å²) in [5.41, 5.74) is 4.19. The van der Waals surface area contributed by atoms with Gasteiger partial charge >= 0.3 is 5.97 Å². The van der Waals surface area contributed by atoms with Crippen molar-refractivity contribution in [1.29, 1.82) is 0 Å². The molecule has 2 aromatic heterocycles. The quantitative estimate of drug-likeness (QED) is 0.265. The van der Waals surface area contributed by atoms with Crippen molar-refractivity contribution in [2.75, 3.05) is 0 Å². The fraction of sp³-hybridized carbons (Fsp3) is 0.111. The molecule has 0 bridgehead atoms. The Morgan fingerprint density at radius 2 is 1.61 bits per heavy atom. The Balaban J connectivity index is 1.33. The number of aromatic nitrogens is 2. The van der Waals surface area contributed by atoms with Gasteiger partial charge in [-0.2, -0.15) is 0 Å². The molecular weight excluding hydrogens is 384 g/mol. The first kappa shape index (κ1) is 19.1. The van der Waals surface area contributed by atoms with Crippen LogP contribution in [0.3, 0.4) is 0 Å². The number of rotatable bonds is 6. The van der Waals surface area contributed by atoms with Gasteiger partial charge in [-0.3, -0.25) is 9.78 Å². The van der Waals surface area contributed by atoms with Gasteiger partial charge in [0.25, 0.3) is 0 Å². The normalized spacial score (nSPS) is 11.1. The number of aromatic amines is 1. The van der Waals surface area contributed by atoms with Crippen molar-refractivity contribution in [3.05, 3.63) is 96.7 Å². The third kappa shape index (κ3) is 3.92. The van der Waals surface area contributed by atoms with Crippen LogP contribution in [0.4, 0.5) is 0 Å². The van der Waals surface area contributed by atoms with Crippen molar-refractivity contribution >= 4 is 27.6 Å². The van der Waals surface area contributed by atoms with E-state index in [0.29, 0.717) is 18.6 Å². The summed E-state index contributed by atoms with van der Waals surface area (Å²) < 4.78 is 5.69. The fourth-order valence-electron chi connectivity index (χ4n) is 4.06. The number of pyridine rings is 1. The third-order valence-electron chi connectivity index (χ3n) is 5.52. The predicted octanol–water partition coefficient (Wildman–Crippen LogP) is 6.31. The van der Waals surface area contributed by atoms with Crippen LogP contribution < -0.4 is 4.74 Å². The zero-order chi connectivity index (χ0) is 21.0. The van der Waals surface area contributed by atoms with Gasteiger partial charge < -0.3 is 9.72 Å². The molecule has 0 saturated heterocycles. The lowest BCUT2D eigenvalue weighted by Crippen LogP contribution is -2.08. The van der Waals surface area contributed by atoms with Crippen molar-refractivity contribution in [3.8, 4) is 17.1 Å². The maximum atomic E-state index is 12.6. The van der Waals surface area contributed by atoms with E-state index in [0.717, 1.165) is 34.1 Å². The highest BCUT2D eigenvalue weighted by Gasteiger charge is 2.15. The zero-order valence-electron chi connectivity index (χ0n) is 17.0. The number of hydrogen-bond donors (Lipinski definition) is 1. The Hall–Kier alpha value is -3.92. The summed E-state index contributed by atoms with van der Waals surface area (Å²) in [5.74, 6) is 0.403. The third-order valence-corrected chi connectivity index (χ3v) is 5.52. The standard InChI is InChI=1S/C27H22N2O2/c30-26(31-25-16-7-10-19-9-1-2-11-20(19)25)17-8-13-22-21-12-3-4-14-23(21)29-27(22)24-15-5-6-18-28-24/h1-7,9-12,14-16,18,29H,8,13,17H2. The molecule has 31 heavy (non-hydrogen) atoms. The van der Waals surface area contributed by atoms with Gasteiger partial charge in [-0.05, 0) is 48.1 Å². The van der Waals surface area contributed by atoms with E-state index in [4.69, 9.17) is 4.74 Å². The van der Waals surface area contributed by atoms with Gasteiger partial charge in [0.1, 0.15) is 5.75 Å². The molecule has 0 atom stereocenters. The molecule has 0 radical (unpaired) electrons. The molecule has 0 saturated carbocycles. The van der Waals surface area contributed by atoms with E-state index in [-0.39, 0.29) is 5.97 Å². The van der Waals surface area contributed by atoms with Crippen molar-refractivity contribution in [3.63, 3.8) is 0 Å². The number of para-hydroxylation sites is 1. The Bertz CT molecular complexity index is 1350. The van der Waals surface area contributed by atoms with Crippen molar-refractivity contribution in [1.82, 2.24) is 9.97 Å². The van der Waals surface area contributed by atoms with E-state index in [2.05, 4.69) is 22.1 Å². The van der Waals surface area contributed by atoms with E-state index >= 15 is 0 Å². The summed E-state index contributed by atoms with van der Waals surface area (Å²) in [6, 6.07) is 27.8. The lowest BCUT2D eigenvalue weighted by molar-refractivity contribution is -0.134. The second-order valence-corrected chi connectivity index (χ2v) is 7.54. The first-order valence-corrected chi connectivity index (χ1v) is 10.5. The van der Waals surface area contributed by atoms with Crippen LogP contribution in [0.2, 0.25) is 0 Å². The van der Waals surface area contributed by atoms with Gasteiger partial charge in [-0.15, -0.1) is 0 Å². The molecule has 0 aliphatic carbocycles. The van der Waals surface area contributed by atoms with Gasteiger partial charge in [0.15, 0.2) is 0 Å². The van der Waals surface area contributed by atoms with Crippen molar-refractivity contribution in [2.24, 2.45) is 0 Å². The summed E-state index contributed by atoms with van der Waals surface area (Å²) in [5, 5.41) is 3.18. The Kier molecular flexibility index (Phi) is 5.19. The molecule has 2 heterocycles. The summed E-state index contributed by atoms with van der Waals surface area (Å²) >= 11 is 0. The summed E-state index contributed by atoms with van der Waals surface area (Å²) in [6.07, 6.45) is 3.61. The number of ether oxygens (including phenoxy) is 1. The molecule has 0 fully saturated rings. The number of benzene rings is 3. The average molecular weight is 406 g/mol. The highest BCUT2D eigenvalue weighted by atomic mass is 16.5. The molecule has 0 amide bonds. The van der Waals surface area contributed by atoms with Crippen LogP contribution in [0.25, 0.3) is 33.1 Å². The Morgan fingerprint density at radius 1 is 0.839 bits per heavy atom. The zero-order valence-corrected chi connectivity index (χ0v) is 17.0. The first-order valence-electron chi connectivity index (χ1n) is 10.5. The maximum absolute atomic E-state index is 12.6. The lowest BCUT2D eigenvalue weighted by atomic mass is 10.0. The van der Waals surface area contributed by atoms with Crippen LogP contribution in [-0.2, 0) is 11.2 Å². The van der Waals surface area contributed by atoms with E-state index in [1.54, 1.807) is 6.20 Å². The number of carbonyl (C=O) groups excluding carboxylic acids is 1. The molecule has 5 aromatic rings. The molecule has 3 aromatic carbocycles.